The summed E-state index contributed by atoms with van der Waals surface area (Å²) in [4.78, 5) is 0. The molecule has 0 unspecified atom stereocenters. The van der Waals surface area contributed by atoms with Gasteiger partial charge in [-0.25, -0.2) is 0 Å². The molecule has 0 aliphatic heterocycles. The van der Waals surface area contributed by atoms with E-state index >= 15 is 0 Å². The zero-order valence-electron chi connectivity index (χ0n) is 7.26. The van der Waals surface area contributed by atoms with Gasteiger partial charge in [0.15, 0.2) is 0 Å². The summed E-state index contributed by atoms with van der Waals surface area (Å²) >= 11 is 11.3. The van der Waals surface area contributed by atoms with Gasteiger partial charge in [-0.3, -0.25) is 0 Å². The number of hydrogen-bond donors (Lipinski definition) is 0. The van der Waals surface area contributed by atoms with Gasteiger partial charge < -0.3 is 4.74 Å². The maximum Gasteiger partial charge on any atom is 0.127 e. The van der Waals surface area contributed by atoms with Crippen LogP contribution in [0.4, 0.5) is 0 Å². The third kappa shape index (κ3) is 2.94. The minimum Gasteiger partial charge on any atom is -0.496 e. The molecule has 70 valence electrons. The SMILES string of the molecule is COc1cc(Cl)ccc1C=CCCl. The van der Waals surface area contributed by atoms with Crippen LogP contribution in [0, 0.1) is 0 Å². The Labute approximate surface area is 87.9 Å². The summed E-state index contributed by atoms with van der Waals surface area (Å²) in [5, 5.41) is 0.667. The first-order valence-electron chi connectivity index (χ1n) is 3.84. The van der Waals surface area contributed by atoms with Crippen molar-refractivity contribution in [2.24, 2.45) is 0 Å². The van der Waals surface area contributed by atoms with Gasteiger partial charge in [0.2, 0.25) is 0 Å². The average Bonchev–Trinajstić information content (AvgIpc) is 2.16. The molecule has 0 fully saturated rings. The van der Waals surface area contributed by atoms with Gasteiger partial charge in [0, 0.05) is 16.5 Å². The van der Waals surface area contributed by atoms with Gasteiger partial charge in [-0.05, 0) is 18.2 Å². The number of ether oxygens (including phenoxy) is 1. The quantitative estimate of drug-likeness (QED) is 0.703. The minimum atomic E-state index is 0.492. The molecule has 0 saturated carbocycles. The number of methoxy groups -OCH3 is 1. The van der Waals surface area contributed by atoms with E-state index in [1.807, 2.05) is 24.3 Å². The zero-order valence-corrected chi connectivity index (χ0v) is 8.77. The van der Waals surface area contributed by atoms with Crippen molar-refractivity contribution < 1.29 is 4.74 Å². The zero-order chi connectivity index (χ0) is 9.68. The molecule has 1 aromatic rings. The number of hydrogen-bond acceptors (Lipinski definition) is 1. The summed E-state index contributed by atoms with van der Waals surface area (Å²) in [6, 6.07) is 5.48. The van der Waals surface area contributed by atoms with Crippen LogP contribution in [0.2, 0.25) is 5.02 Å². The van der Waals surface area contributed by atoms with Crippen LogP contribution in [-0.4, -0.2) is 13.0 Å². The molecule has 0 bridgehead atoms. The molecule has 0 atom stereocenters. The number of rotatable bonds is 3. The van der Waals surface area contributed by atoms with Crippen LogP contribution in [0.25, 0.3) is 6.08 Å². The van der Waals surface area contributed by atoms with Gasteiger partial charge >= 0.3 is 0 Å². The smallest absolute Gasteiger partial charge is 0.127 e. The molecule has 0 N–H and O–H groups in total. The molecule has 0 spiro atoms. The van der Waals surface area contributed by atoms with Gasteiger partial charge in [0.1, 0.15) is 5.75 Å². The first kappa shape index (κ1) is 10.4. The maximum absolute atomic E-state index is 5.80. The summed E-state index contributed by atoms with van der Waals surface area (Å²) in [5.41, 5.74) is 0.979. The predicted molar refractivity (Wildman–Crippen MR) is 57.8 cm³/mol. The molecule has 3 heteroatoms. The molecule has 0 aromatic heterocycles. The lowest BCUT2D eigenvalue weighted by molar-refractivity contribution is 0.414. The normalized spacial score (nSPS) is 10.7. The second-order valence-electron chi connectivity index (χ2n) is 2.44. The molecule has 0 heterocycles. The molecule has 0 radical (unpaired) electrons. The Balaban J connectivity index is 2.99. The molecule has 0 aliphatic carbocycles. The third-order valence-electron chi connectivity index (χ3n) is 1.58. The maximum atomic E-state index is 5.80. The van der Waals surface area contributed by atoms with Crippen molar-refractivity contribution in [3.63, 3.8) is 0 Å². The van der Waals surface area contributed by atoms with E-state index in [2.05, 4.69) is 0 Å². The fraction of sp³-hybridized carbons (Fsp3) is 0.200. The molecule has 0 aliphatic rings. The van der Waals surface area contributed by atoms with Crippen molar-refractivity contribution >= 4 is 29.3 Å². The van der Waals surface area contributed by atoms with E-state index in [4.69, 9.17) is 27.9 Å². The van der Waals surface area contributed by atoms with Crippen molar-refractivity contribution in [1.29, 1.82) is 0 Å². The molecule has 0 amide bonds. The lowest BCUT2D eigenvalue weighted by Crippen LogP contribution is -1.86. The van der Waals surface area contributed by atoms with Crippen molar-refractivity contribution in [1.82, 2.24) is 0 Å². The van der Waals surface area contributed by atoms with Crippen LogP contribution < -0.4 is 4.74 Å². The second kappa shape index (κ2) is 5.15. The fourth-order valence-corrected chi connectivity index (χ4v) is 1.25. The van der Waals surface area contributed by atoms with Gasteiger partial charge in [0.25, 0.3) is 0 Å². The lowest BCUT2D eigenvalue weighted by atomic mass is 10.2. The number of halogens is 2. The number of alkyl halides is 1. The van der Waals surface area contributed by atoms with E-state index in [1.165, 1.54) is 0 Å². The van der Waals surface area contributed by atoms with Crippen molar-refractivity contribution in [3.8, 4) is 5.75 Å². The second-order valence-corrected chi connectivity index (χ2v) is 3.19. The Bertz CT molecular complexity index is 308. The van der Waals surface area contributed by atoms with Gasteiger partial charge in [-0.2, -0.15) is 0 Å². The van der Waals surface area contributed by atoms with Gasteiger partial charge in [-0.1, -0.05) is 23.8 Å². The average molecular weight is 217 g/mol. The molecular formula is C10H10Cl2O. The number of benzene rings is 1. The van der Waals surface area contributed by atoms with Crippen LogP contribution in [0.3, 0.4) is 0 Å². The van der Waals surface area contributed by atoms with Crippen molar-refractivity contribution in [2.45, 2.75) is 0 Å². The summed E-state index contributed by atoms with van der Waals surface area (Å²) in [6.45, 7) is 0. The Morgan fingerprint density at radius 3 is 2.85 bits per heavy atom. The summed E-state index contributed by atoms with van der Waals surface area (Å²) in [5.74, 6) is 1.25. The van der Waals surface area contributed by atoms with Crippen molar-refractivity contribution in [3.05, 3.63) is 34.9 Å². The summed E-state index contributed by atoms with van der Waals surface area (Å²) < 4.78 is 5.14. The highest BCUT2D eigenvalue weighted by atomic mass is 35.5. The van der Waals surface area contributed by atoms with E-state index in [0.717, 1.165) is 11.3 Å². The standard InChI is InChI=1S/C10H10Cl2O/c1-13-10-7-9(12)5-4-8(10)3-2-6-11/h2-5,7H,6H2,1H3. The molecule has 1 rings (SSSR count). The fourth-order valence-electron chi connectivity index (χ4n) is 0.994. The Hall–Kier alpha value is -0.660. The van der Waals surface area contributed by atoms with Gasteiger partial charge in [0.05, 0.1) is 7.11 Å². The van der Waals surface area contributed by atoms with Crippen LogP contribution >= 0.6 is 23.2 Å². The lowest BCUT2D eigenvalue weighted by Gasteiger charge is -2.04. The highest BCUT2D eigenvalue weighted by molar-refractivity contribution is 6.30. The van der Waals surface area contributed by atoms with E-state index in [-0.39, 0.29) is 0 Å². The Kier molecular flexibility index (Phi) is 4.13. The Morgan fingerprint density at radius 1 is 1.46 bits per heavy atom. The highest BCUT2D eigenvalue weighted by Crippen LogP contribution is 2.24. The van der Waals surface area contributed by atoms with Crippen LogP contribution in [0.15, 0.2) is 24.3 Å². The first-order valence-corrected chi connectivity index (χ1v) is 4.75. The number of allylic oxidation sites excluding steroid dienone is 1. The minimum absolute atomic E-state index is 0.492. The summed E-state index contributed by atoms with van der Waals surface area (Å²) in [7, 11) is 1.61. The largest absolute Gasteiger partial charge is 0.496 e. The van der Waals surface area contributed by atoms with E-state index in [0.29, 0.717) is 10.9 Å². The molecule has 1 aromatic carbocycles. The highest BCUT2D eigenvalue weighted by Gasteiger charge is 1.99. The Morgan fingerprint density at radius 2 is 2.23 bits per heavy atom. The molecule has 1 nitrogen and oxygen atoms in total. The monoisotopic (exact) mass is 216 g/mol. The van der Waals surface area contributed by atoms with Crippen LogP contribution in [0.1, 0.15) is 5.56 Å². The van der Waals surface area contributed by atoms with E-state index in [1.54, 1.807) is 13.2 Å². The topological polar surface area (TPSA) is 9.23 Å². The molecular weight excluding hydrogens is 207 g/mol. The van der Waals surface area contributed by atoms with Gasteiger partial charge in [-0.15, -0.1) is 11.6 Å². The first-order chi connectivity index (χ1) is 6.27. The summed E-state index contributed by atoms with van der Waals surface area (Å²) in [6.07, 6.45) is 3.76. The van der Waals surface area contributed by atoms with E-state index < -0.39 is 0 Å². The van der Waals surface area contributed by atoms with E-state index in [9.17, 15) is 0 Å². The van der Waals surface area contributed by atoms with Crippen molar-refractivity contribution in [2.75, 3.05) is 13.0 Å². The third-order valence-corrected chi connectivity index (χ3v) is 2.00. The molecule has 0 saturated heterocycles. The predicted octanol–water partition coefficient (Wildman–Crippen LogP) is 3.60. The molecule has 13 heavy (non-hydrogen) atoms. The van der Waals surface area contributed by atoms with Crippen LogP contribution in [-0.2, 0) is 0 Å². The van der Waals surface area contributed by atoms with Crippen LogP contribution in [0.5, 0.6) is 5.75 Å².